The van der Waals surface area contributed by atoms with Gasteiger partial charge in [-0.2, -0.15) is 0 Å². The van der Waals surface area contributed by atoms with Gasteiger partial charge in [0.05, 0.1) is 18.3 Å². The first-order valence-electron chi connectivity index (χ1n) is 6.43. The molecule has 16 heavy (non-hydrogen) atoms. The Bertz CT molecular complexity index is 188. The highest BCUT2D eigenvalue weighted by Gasteiger charge is 2.35. The van der Waals surface area contributed by atoms with Crippen LogP contribution < -0.4 is 0 Å². The monoisotopic (exact) mass is 340 g/mol. The summed E-state index contributed by atoms with van der Waals surface area (Å²) in [4.78, 5) is 0. The van der Waals surface area contributed by atoms with Crippen molar-refractivity contribution in [2.75, 3.05) is 17.6 Å². The van der Waals surface area contributed by atoms with Crippen molar-refractivity contribution < 1.29 is 9.47 Å². The molecule has 1 aliphatic carbocycles. The van der Waals surface area contributed by atoms with Crippen LogP contribution in [-0.4, -0.2) is 29.3 Å². The molecule has 0 N–H and O–H groups in total. The Morgan fingerprint density at radius 3 is 2.50 bits per heavy atom. The van der Waals surface area contributed by atoms with E-state index in [1.807, 2.05) is 6.92 Å². The lowest BCUT2D eigenvalue weighted by molar-refractivity contribution is -0.117. The third-order valence-corrected chi connectivity index (χ3v) is 4.83. The van der Waals surface area contributed by atoms with Crippen molar-refractivity contribution in [3.05, 3.63) is 0 Å². The fraction of sp³-hybridized carbons (Fsp3) is 1.00. The second-order valence-electron chi connectivity index (χ2n) is 5.09. The highest BCUT2D eigenvalue weighted by Crippen LogP contribution is 2.37. The van der Waals surface area contributed by atoms with Crippen LogP contribution in [0.2, 0.25) is 0 Å². The van der Waals surface area contributed by atoms with Crippen molar-refractivity contribution in [2.24, 2.45) is 5.92 Å². The molecule has 0 amide bonds. The molecule has 0 aromatic carbocycles. The maximum atomic E-state index is 6.25. The largest absolute Gasteiger partial charge is 0.379 e. The van der Waals surface area contributed by atoms with E-state index in [1.54, 1.807) is 0 Å². The standard InChI is InChI=1S/C13H25IO2/c1-4-15-9-12(3)16-13(10-14)7-5-11(2)6-8-13/h11-12H,4-10H2,1-3H3. The Balaban J connectivity index is 2.40. The lowest BCUT2D eigenvalue weighted by Gasteiger charge is -2.40. The number of rotatable bonds is 6. The number of hydrogen-bond donors (Lipinski definition) is 0. The van der Waals surface area contributed by atoms with Crippen LogP contribution in [0.5, 0.6) is 0 Å². The van der Waals surface area contributed by atoms with E-state index in [9.17, 15) is 0 Å². The highest BCUT2D eigenvalue weighted by molar-refractivity contribution is 14.1. The molecule has 2 nitrogen and oxygen atoms in total. The zero-order valence-corrected chi connectivity index (χ0v) is 13.0. The summed E-state index contributed by atoms with van der Waals surface area (Å²) in [6, 6.07) is 0. The highest BCUT2D eigenvalue weighted by atomic mass is 127. The van der Waals surface area contributed by atoms with Gasteiger partial charge in [-0.05, 0) is 45.4 Å². The van der Waals surface area contributed by atoms with Gasteiger partial charge >= 0.3 is 0 Å². The van der Waals surface area contributed by atoms with Gasteiger partial charge in [-0.15, -0.1) is 0 Å². The average Bonchev–Trinajstić information content (AvgIpc) is 2.30. The molecule has 0 saturated heterocycles. The molecule has 1 fully saturated rings. The molecule has 0 radical (unpaired) electrons. The van der Waals surface area contributed by atoms with Crippen molar-refractivity contribution in [3.8, 4) is 0 Å². The van der Waals surface area contributed by atoms with Crippen molar-refractivity contribution in [1.82, 2.24) is 0 Å². The third kappa shape index (κ3) is 4.49. The summed E-state index contributed by atoms with van der Waals surface area (Å²) in [5.41, 5.74) is 0.129. The lowest BCUT2D eigenvalue weighted by Crippen LogP contribution is -2.42. The molecule has 1 rings (SSSR count). The van der Waals surface area contributed by atoms with Crippen LogP contribution in [0.25, 0.3) is 0 Å². The SMILES string of the molecule is CCOCC(C)OC1(CI)CCC(C)CC1. The number of hydrogen-bond acceptors (Lipinski definition) is 2. The Morgan fingerprint density at radius 2 is 2.00 bits per heavy atom. The predicted octanol–water partition coefficient (Wildman–Crippen LogP) is 3.81. The van der Waals surface area contributed by atoms with Crippen LogP contribution in [0.3, 0.4) is 0 Å². The molecule has 1 unspecified atom stereocenters. The van der Waals surface area contributed by atoms with E-state index in [1.165, 1.54) is 25.7 Å². The fourth-order valence-corrected chi connectivity index (χ4v) is 3.26. The van der Waals surface area contributed by atoms with E-state index in [0.717, 1.165) is 23.6 Å². The Kier molecular flexibility index (Phi) is 6.59. The lowest BCUT2D eigenvalue weighted by atomic mass is 9.80. The van der Waals surface area contributed by atoms with Crippen LogP contribution >= 0.6 is 22.6 Å². The molecular weight excluding hydrogens is 315 g/mol. The Labute approximate surface area is 114 Å². The first kappa shape index (κ1) is 14.7. The quantitative estimate of drug-likeness (QED) is 0.541. The molecule has 1 atom stereocenters. The maximum absolute atomic E-state index is 6.25. The number of ether oxygens (including phenoxy) is 2. The average molecular weight is 340 g/mol. The fourth-order valence-electron chi connectivity index (χ4n) is 2.32. The first-order chi connectivity index (χ1) is 7.62. The summed E-state index contributed by atoms with van der Waals surface area (Å²) in [6.07, 6.45) is 5.28. The van der Waals surface area contributed by atoms with Gasteiger partial charge in [0, 0.05) is 11.0 Å². The second kappa shape index (κ2) is 7.17. The Morgan fingerprint density at radius 1 is 1.38 bits per heavy atom. The van der Waals surface area contributed by atoms with Gasteiger partial charge in [0.15, 0.2) is 0 Å². The molecule has 1 aliphatic rings. The van der Waals surface area contributed by atoms with Gasteiger partial charge in [0.25, 0.3) is 0 Å². The molecule has 0 aromatic heterocycles. The summed E-state index contributed by atoms with van der Waals surface area (Å²) in [6.45, 7) is 8.01. The maximum Gasteiger partial charge on any atom is 0.0788 e. The second-order valence-corrected chi connectivity index (χ2v) is 5.85. The van der Waals surface area contributed by atoms with E-state index in [-0.39, 0.29) is 11.7 Å². The molecule has 0 bridgehead atoms. The van der Waals surface area contributed by atoms with E-state index in [0.29, 0.717) is 0 Å². The minimum Gasteiger partial charge on any atom is -0.379 e. The van der Waals surface area contributed by atoms with Crippen LogP contribution in [0, 0.1) is 5.92 Å². The number of halogens is 1. The van der Waals surface area contributed by atoms with Crippen LogP contribution in [0.15, 0.2) is 0 Å². The van der Waals surface area contributed by atoms with Gasteiger partial charge in [-0.3, -0.25) is 0 Å². The van der Waals surface area contributed by atoms with E-state index >= 15 is 0 Å². The van der Waals surface area contributed by atoms with E-state index in [4.69, 9.17) is 9.47 Å². The summed E-state index contributed by atoms with van der Waals surface area (Å²) < 4.78 is 12.8. The van der Waals surface area contributed by atoms with Crippen molar-refractivity contribution in [1.29, 1.82) is 0 Å². The van der Waals surface area contributed by atoms with Crippen LogP contribution in [0.4, 0.5) is 0 Å². The normalized spacial score (nSPS) is 32.6. The minimum absolute atomic E-state index is 0.129. The molecule has 1 saturated carbocycles. The van der Waals surface area contributed by atoms with Gasteiger partial charge in [0.2, 0.25) is 0 Å². The molecule has 3 heteroatoms. The minimum atomic E-state index is 0.129. The summed E-state index contributed by atoms with van der Waals surface area (Å²) in [7, 11) is 0. The van der Waals surface area contributed by atoms with Gasteiger partial charge in [0.1, 0.15) is 0 Å². The van der Waals surface area contributed by atoms with Gasteiger partial charge in [-0.25, -0.2) is 0 Å². The van der Waals surface area contributed by atoms with Gasteiger partial charge in [-0.1, -0.05) is 29.5 Å². The zero-order chi connectivity index (χ0) is 12.0. The van der Waals surface area contributed by atoms with Crippen molar-refractivity contribution in [3.63, 3.8) is 0 Å². The molecule has 0 heterocycles. The topological polar surface area (TPSA) is 18.5 Å². The predicted molar refractivity (Wildman–Crippen MR) is 76.3 cm³/mol. The first-order valence-corrected chi connectivity index (χ1v) is 7.96. The van der Waals surface area contributed by atoms with Crippen LogP contribution in [0.1, 0.15) is 46.5 Å². The van der Waals surface area contributed by atoms with E-state index in [2.05, 4.69) is 36.4 Å². The molecule has 96 valence electrons. The summed E-state index contributed by atoms with van der Waals surface area (Å²) in [5, 5.41) is 0. The van der Waals surface area contributed by atoms with Crippen molar-refractivity contribution >= 4 is 22.6 Å². The molecule has 0 aromatic rings. The summed E-state index contributed by atoms with van der Waals surface area (Å²) in [5.74, 6) is 0.877. The number of alkyl halides is 1. The van der Waals surface area contributed by atoms with E-state index < -0.39 is 0 Å². The third-order valence-electron chi connectivity index (χ3n) is 3.44. The van der Waals surface area contributed by atoms with Crippen LogP contribution in [-0.2, 0) is 9.47 Å². The smallest absolute Gasteiger partial charge is 0.0788 e. The molecule has 0 aliphatic heterocycles. The molecule has 0 spiro atoms. The van der Waals surface area contributed by atoms with Gasteiger partial charge < -0.3 is 9.47 Å². The molecular formula is C13H25IO2. The summed E-state index contributed by atoms with van der Waals surface area (Å²) >= 11 is 2.47. The van der Waals surface area contributed by atoms with Crippen molar-refractivity contribution in [2.45, 2.75) is 58.2 Å². The Hall–Kier alpha value is 0.650. The zero-order valence-electron chi connectivity index (χ0n) is 10.8.